The maximum atomic E-state index is 11.5. The summed E-state index contributed by atoms with van der Waals surface area (Å²) >= 11 is 0. The van der Waals surface area contributed by atoms with Crippen molar-refractivity contribution in [3.8, 4) is 0 Å². The molecule has 4 nitrogen and oxygen atoms in total. The Morgan fingerprint density at radius 2 is 1.80 bits per heavy atom. The number of allylic oxidation sites excluding steroid dienone is 1. The molecule has 1 saturated heterocycles. The molecule has 1 saturated carbocycles. The zero-order valence-corrected chi connectivity index (χ0v) is 8.91. The largest absolute Gasteiger partial charge is 0.419 e. The molecule has 0 radical (unpaired) electrons. The molecule has 0 aromatic heterocycles. The minimum atomic E-state index is -1.13. The topological polar surface area (TPSA) is 52.6 Å². The first-order valence-electron chi connectivity index (χ1n) is 5.15. The van der Waals surface area contributed by atoms with Crippen LogP contribution in [0.1, 0.15) is 33.1 Å². The number of hydrogen-bond donors (Lipinski definition) is 0. The zero-order valence-electron chi connectivity index (χ0n) is 8.91. The Kier molecular flexibility index (Phi) is 2.29. The monoisotopic (exact) mass is 210 g/mol. The van der Waals surface area contributed by atoms with Gasteiger partial charge < -0.3 is 9.47 Å². The number of cyclic esters (lactones) is 2. The molecule has 82 valence electrons. The quantitative estimate of drug-likeness (QED) is 0.394. The first kappa shape index (κ1) is 10.2. The van der Waals surface area contributed by atoms with Crippen LogP contribution in [0.3, 0.4) is 0 Å². The Hall–Kier alpha value is -1.32. The minimum Gasteiger partial charge on any atom is -0.419 e. The van der Waals surface area contributed by atoms with Crippen molar-refractivity contribution >= 4 is 11.9 Å². The van der Waals surface area contributed by atoms with E-state index in [1.807, 2.05) is 0 Å². The van der Waals surface area contributed by atoms with Gasteiger partial charge in [-0.25, -0.2) is 9.59 Å². The van der Waals surface area contributed by atoms with E-state index in [-0.39, 0.29) is 5.57 Å². The van der Waals surface area contributed by atoms with Crippen LogP contribution in [-0.4, -0.2) is 17.7 Å². The van der Waals surface area contributed by atoms with Crippen molar-refractivity contribution in [3.05, 3.63) is 11.6 Å². The molecule has 2 aliphatic rings. The molecule has 0 bridgehead atoms. The molecule has 1 heterocycles. The van der Waals surface area contributed by atoms with Crippen LogP contribution in [0.2, 0.25) is 0 Å². The highest BCUT2D eigenvalue weighted by Crippen LogP contribution is 2.33. The number of carbonyl (C=O) groups excluding carboxylic acids is 2. The Morgan fingerprint density at radius 1 is 1.27 bits per heavy atom. The van der Waals surface area contributed by atoms with E-state index < -0.39 is 17.7 Å². The zero-order chi connectivity index (χ0) is 11.1. The van der Waals surface area contributed by atoms with E-state index in [1.165, 1.54) is 12.8 Å². The molecule has 0 aromatic carbocycles. The van der Waals surface area contributed by atoms with Crippen molar-refractivity contribution in [2.24, 2.45) is 5.92 Å². The summed E-state index contributed by atoms with van der Waals surface area (Å²) < 4.78 is 9.92. The second kappa shape index (κ2) is 3.36. The average Bonchev–Trinajstić information content (AvgIpc) is 2.83. The molecular weight excluding hydrogens is 196 g/mol. The summed E-state index contributed by atoms with van der Waals surface area (Å²) in [5.41, 5.74) is 0.0428. The number of esters is 2. The van der Waals surface area contributed by atoms with Crippen LogP contribution in [0.5, 0.6) is 0 Å². The lowest BCUT2D eigenvalue weighted by molar-refractivity contribution is -0.222. The predicted molar refractivity (Wildman–Crippen MR) is 51.7 cm³/mol. The van der Waals surface area contributed by atoms with Crippen molar-refractivity contribution in [3.63, 3.8) is 0 Å². The average molecular weight is 210 g/mol. The Labute approximate surface area is 88.2 Å². The van der Waals surface area contributed by atoms with Gasteiger partial charge in [0.25, 0.3) is 5.79 Å². The lowest BCUT2D eigenvalue weighted by Crippen LogP contribution is -2.41. The number of rotatable bonds is 2. The van der Waals surface area contributed by atoms with Crippen LogP contribution < -0.4 is 0 Å². The third-order valence-electron chi connectivity index (χ3n) is 2.47. The summed E-state index contributed by atoms with van der Waals surface area (Å²) in [7, 11) is 0. The third-order valence-corrected chi connectivity index (χ3v) is 2.47. The van der Waals surface area contributed by atoms with Crippen molar-refractivity contribution < 1.29 is 19.1 Å². The predicted octanol–water partition coefficient (Wildman–Crippen LogP) is 1.55. The van der Waals surface area contributed by atoms with Crippen molar-refractivity contribution in [1.29, 1.82) is 0 Å². The van der Waals surface area contributed by atoms with Gasteiger partial charge in [-0.2, -0.15) is 0 Å². The molecule has 2 rings (SSSR count). The maximum Gasteiger partial charge on any atom is 0.348 e. The van der Waals surface area contributed by atoms with E-state index in [0.29, 0.717) is 5.92 Å². The fourth-order valence-electron chi connectivity index (χ4n) is 1.47. The highest BCUT2D eigenvalue weighted by atomic mass is 16.7. The van der Waals surface area contributed by atoms with Crippen molar-refractivity contribution in [1.82, 2.24) is 0 Å². The molecule has 0 aromatic rings. The van der Waals surface area contributed by atoms with Crippen molar-refractivity contribution in [2.45, 2.75) is 38.9 Å². The first-order chi connectivity index (χ1) is 6.98. The van der Waals surface area contributed by atoms with E-state index in [1.54, 1.807) is 19.9 Å². The molecule has 0 amide bonds. The minimum absolute atomic E-state index is 0.0428. The van der Waals surface area contributed by atoms with Gasteiger partial charge in [0.15, 0.2) is 0 Å². The molecular formula is C11H14O4. The first-order valence-corrected chi connectivity index (χ1v) is 5.15. The van der Waals surface area contributed by atoms with E-state index in [0.717, 1.165) is 6.42 Å². The highest BCUT2D eigenvalue weighted by Gasteiger charge is 2.38. The van der Waals surface area contributed by atoms with Gasteiger partial charge in [0.1, 0.15) is 5.57 Å². The fraction of sp³-hybridized carbons (Fsp3) is 0.636. The molecule has 0 spiro atoms. The maximum absolute atomic E-state index is 11.5. The molecule has 0 unspecified atom stereocenters. The normalized spacial score (nSPS) is 24.5. The standard InChI is InChI=1S/C11H14O4/c1-11(2)14-9(12)8(10(13)15-11)6-5-7-3-4-7/h6-7H,3-5H2,1-2H3. The van der Waals surface area contributed by atoms with Gasteiger partial charge in [0, 0.05) is 13.8 Å². The van der Waals surface area contributed by atoms with E-state index in [4.69, 9.17) is 9.47 Å². The van der Waals surface area contributed by atoms with Gasteiger partial charge in [0.2, 0.25) is 0 Å². The Bertz CT molecular complexity index is 314. The summed E-state index contributed by atoms with van der Waals surface area (Å²) in [6.45, 7) is 3.08. The van der Waals surface area contributed by atoms with Crippen LogP contribution >= 0.6 is 0 Å². The summed E-state index contributed by atoms with van der Waals surface area (Å²) in [6.07, 6.45) is 4.76. The number of carbonyl (C=O) groups is 2. The van der Waals surface area contributed by atoms with Crippen LogP contribution in [0.25, 0.3) is 0 Å². The van der Waals surface area contributed by atoms with Gasteiger partial charge in [-0.3, -0.25) is 0 Å². The van der Waals surface area contributed by atoms with Gasteiger partial charge in [-0.1, -0.05) is 6.08 Å². The fourth-order valence-corrected chi connectivity index (χ4v) is 1.47. The second-order valence-corrected chi connectivity index (χ2v) is 4.48. The van der Waals surface area contributed by atoms with Crippen LogP contribution in [-0.2, 0) is 19.1 Å². The lowest BCUT2D eigenvalue weighted by Gasteiger charge is -2.29. The van der Waals surface area contributed by atoms with Gasteiger partial charge >= 0.3 is 11.9 Å². The SMILES string of the molecule is CC1(C)OC(=O)C(=CCC2CC2)C(=O)O1. The molecule has 1 aliphatic carbocycles. The van der Waals surface area contributed by atoms with Crippen molar-refractivity contribution in [2.75, 3.05) is 0 Å². The molecule has 15 heavy (non-hydrogen) atoms. The van der Waals surface area contributed by atoms with Crippen LogP contribution in [0, 0.1) is 5.92 Å². The highest BCUT2D eigenvalue weighted by molar-refractivity contribution is 6.15. The summed E-state index contributed by atoms with van der Waals surface area (Å²) in [5, 5.41) is 0. The van der Waals surface area contributed by atoms with E-state index >= 15 is 0 Å². The Morgan fingerprint density at radius 3 is 2.27 bits per heavy atom. The van der Waals surface area contributed by atoms with E-state index in [2.05, 4.69) is 0 Å². The summed E-state index contributed by atoms with van der Waals surface area (Å²) in [6, 6.07) is 0. The molecule has 0 N–H and O–H groups in total. The second-order valence-electron chi connectivity index (χ2n) is 4.48. The molecule has 1 aliphatic heterocycles. The third kappa shape index (κ3) is 2.37. The van der Waals surface area contributed by atoms with Crippen LogP contribution in [0.4, 0.5) is 0 Å². The van der Waals surface area contributed by atoms with Crippen LogP contribution in [0.15, 0.2) is 11.6 Å². The number of ether oxygens (including phenoxy) is 2. The number of hydrogen-bond acceptors (Lipinski definition) is 4. The smallest absolute Gasteiger partial charge is 0.348 e. The van der Waals surface area contributed by atoms with Gasteiger partial charge in [-0.05, 0) is 25.2 Å². The van der Waals surface area contributed by atoms with Gasteiger partial charge in [0.05, 0.1) is 0 Å². The van der Waals surface area contributed by atoms with Gasteiger partial charge in [-0.15, -0.1) is 0 Å². The lowest BCUT2D eigenvalue weighted by atomic mass is 10.1. The Balaban J connectivity index is 2.08. The molecule has 2 fully saturated rings. The summed E-state index contributed by atoms with van der Waals surface area (Å²) in [4.78, 5) is 22.9. The molecule has 0 atom stereocenters. The van der Waals surface area contributed by atoms with E-state index in [9.17, 15) is 9.59 Å². The molecule has 4 heteroatoms. The summed E-state index contributed by atoms with van der Waals surface area (Å²) in [5.74, 6) is -1.65.